The Bertz CT molecular complexity index is 553. The monoisotopic (exact) mass is 276 g/mol. The first-order chi connectivity index (χ1) is 9.61. The Morgan fingerprint density at radius 1 is 1.20 bits per heavy atom. The number of benzene rings is 1. The first kappa shape index (κ1) is 14.8. The Labute approximate surface area is 119 Å². The van der Waals surface area contributed by atoms with Gasteiger partial charge in [-0.1, -0.05) is 18.2 Å². The number of nitrogens with one attached hydrogen (secondary N) is 1. The summed E-state index contributed by atoms with van der Waals surface area (Å²) in [5.41, 5.74) is 0.706. The summed E-state index contributed by atoms with van der Waals surface area (Å²) in [4.78, 5) is 2.07. The maximum atomic E-state index is 13.8. The van der Waals surface area contributed by atoms with E-state index in [4.69, 9.17) is 4.42 Å². The molecule has 0 aliphatic carbocycles. The second kappa shape index (κ2) is 6.68. The first-order valence-electron chi connectivity index (χ1n) is 6.78. The van der Waals surface area contributed by atoms with E-state index >= 15 is 0 Å². The van der Waals surface area contributed by atoms with Gasteiger partial charge in [-0.25, -0.2) is 4.39 Å². The van der Waals surface area contributed by atoms with Crippen molar-refractivity contribution >= 4 is 0 Å². The van der Waals surface area contributed by atoms with E-state index in [0.717, 1.165) is 11.5 Å². The van der Waals surface area contributed by atoms with Crippen LogP contribution in [0.4, 0.5) is 4.39 Å². The largest absolute Gasteiger partial charge is 0.463 e. The molecule has 0 aliphatic heterocycles. The maximum Gasteiger partial charge on any atom is 0.127 e. The summed E-state index contributed by atoms with van der Waals surface area (Å²) in [5.74, 6) is 1.64. The van der Waals surface area contributed by atoms with Gasteiger partial charge in [0.25, 0.3) is 0 Å². The molecule has 3 nitrogen and oxygen atoms in total. The van der Waals surface area contributed by atoms with Crippen LogP contribution >= 0.6 is 0 Å². The molecule has 0 aliphatic rings. The first-order valence-corrected chi connectivity index (χ1v) is 6.78. The summed E-state index contributed by atoms with van der Waals surface area (Å²) in [6.45, 7) is 3.36. The van der Waals surface area contributed by atoms with Crippen LogP contribution in [-0.4, -0.2) is 19.0 Å². The highest BCUT2D eigenvalue weighted by molar-refractivity contribution is 5.20. The third-order valence-corrected chi connectivity index (χ3v) is 3.49. The summed E-state index contributed by atoms with van der Waals surface area (Å²) >= 11 is 0. The smallest absolute Gasteiger partial charge is 0.127 e. The molecular formula is C16H21FN2O. The molecule has 1 aromatic heterocycles. The van der Waals surface area contributed by atoms with E-state index in [-0.39, 0.29) is 11.9 Å². The molecule has 20 heavy (non-hydrogen) atoms. The van der Waals surface area contributed by atoms with E-state index in [1.165, 1.54) is 6.07 Å². The van der Waals surface area contributed by atoms with E-state index in [2.05, 4.69) is 10.2 Å². The van der Waals surface area contributed by atoms with Crippen molar-refractivity contribution in [2.75, 3.05) is 14.1 Å². The van der Waals surface area contributed by atoms with Crippen LogP contribution in [0.3, 0.4) is 0 Å². The van der Waals surface area contributed by atoms with Crippen LogP contribution in [-0.2, 0) is 13.1 Å². The van der Waals surface area contributed by atoms with Gasteiger partial charge in [0.15, 0.2) is 0 Å². The molecule has 1 aromatic carbocycles. The minimum absolute atomic E-state index is 0.00551. The van der Waals surface area contributed by atoms with E-state index in [9.17, 15) is 4.39 Å². The molecule has 0 amide bonds. The summed E-state index contributed by atoms with van der Waals surface area (Å²) in [6.07, 6.45) is 0. The summed E-state index contributed by atoms with van der Waals surface area (Å²) < 4.78 is 19.5. The second-order valence-corrected chi connectivity index (χ2v) is 5.01. The van der Waals surface area contributed by atoms with Crippen molar-refractivity contribution in [2.45, 2.75) is 26.1 Å². The standard InChI is InChI=1S/C16H21FN2O/c1-12(15-6-4-5-7-16(15)17)19(3)11-14-9-8-13(20-14)10-18-2/h4-9,12,18H,10-11H2,1-3H3. The van der Waals surface area contributed by atoms with Crippen LogP contribution < -0.4 is 5.32 Å². The van der Waals surface area contributed by atoms with Gasteiger partial charge in [-0.15, -0.1) is 0 Å². The Kier molecular flexibility index (Phi) is 4.93. The highest BCUT2D eigenvalue weighted by Crippen LogP contribution is 2.23. The van der Waals surface area contributed by atoms with Crippen LogP contribution in [0.15, 0.2) is 40.8 Å². The van der Waals surface area contributed by atoms with Crippen LogP contribution in [0.1, 0.15) is 30.0 Å². The molecule has 108 valence electrons. The lowest BCUT2D eigenvalue weighted by molar-refractivity contribution is 0.226. The van der Waals surface area contributed by atoms with Gasteiger partial charge in [0.2, 0.25) is 0 Å². The minimum Gasteiger partial charge on any atom is -0.463 e. The Hall–Kier alpha value is -1.65. The number of furan rings is 1. The highest BCUT2D eigenvalue weighted by atomic mass is 19.1. The van der Waals surface area contributed by atoms with E-state index < -0.39 is 0 Å². The molecule has 0 saturated heterocycles. The molecule has 2 aromatic rings. The molecular weight excluding hydrogens is 255 g/mol. The Morgan fingerprint density at radius 3 is 2.60 bits per heavy atom. The van der Waals surface area contributed by atoms with Gasteiger partial charge in [0, 0.05) is 11.6 Å². The fraction of sp³-hybridized carbons (Fsp3) is 0.375. The quantitative estimate of drug-likeness (QED) is 0.877. The predicted molar refractivity (Wildman–Crippen MR) is 77.8 cm³/mol. The lowest BCUT2D eigenvalue weighted by Crippen LogP contribution is -2.22. The molecule has 1 N–H and O–H groups in total. The van der Waals surface area contributed by atoms with Gasteiger partial charge in [0.05, 0.1) is 13.1 Å². The number of hydrogen-bond acceptors (Lipinski definition) is 3. The molecule has 1 heterocycles. The fourth-order valence-corrected chi connectivity index (χ4v) is 2.21. The number of nitrogens with zero attached hydrogens (tertiary/aromatic N) is 1. The minimum atomic E-state index is -0.165. The van der Waals surface area contributed by atoms with Gasteiger partial charge in [-0.05, 0) is 39.2 Å². The summed E-state index contributed by atoms with van der Waals surface area (Å²) in [5, 5.41) is 3.05. The van der Waals surface area contributed by atoms with Crippen LogP contribution in [0.5, 0.6) is 0 Å². The van der Waals surface area contributed by atoms with Gasteiger partial charge in [0.1, 0.15) is 17.3 Å². The van der Waals surface area contributed by atoms with Gasteiger partial charge >= 0.3 is 0 Å². The number of rotatable bonds is 6. The SMILES string of the molecule is CNCc1ccc(CN(C)C(C)c2ccccc2F)o1. The molecule has 0 spiro atoms. The average Bonchev–Trinajstić information content (AvgIpc) is 2.86. The van der Waals surface area contributed by atoms with Crippen molar-refractivity contribution in [2.24, 2.45) is 0 Å². The van der Waals surface area contributed by atoms with Crippen molar-refractivity contribution in [3.05, 3.63) is 59.3 Å². The lowest BCUT2D eigenvalue weighted by Gasteiger charge is -2.24. The molecule has 0 radical (unpaired) electrons. The van der Waals surface area contributed by atoms with Crippen LogP contribution in [0.25, 0.3) is 0 Å². The zero-order chi connectivity index (χ0) is 14.5. The lowest BCUT2D eigenvalue weighted by atomic mass is 10.1. The van der Waals surface area contributed by atoms with E-state index in [0.29, 0.717) is 18.7 Å². The number of halogens is 1. The third-order valence-electron chi connectivity index (χ3n) is 3.49. The zero-order valence-corrected chi connectivity index (χ0v) is 12.2. The predicted octanol–water partition coefficient (Wildman–Crippen LogP) is 3.33. The van der Waals surface area contributed by atoms with Crippen molar-refractivity contribution < 1.29 is 8.81 Å². The molecule has 0 fully saturated rings. The Morgan fingerprint density at radius 2 is 1.90 bits per heavy atom. The van der Waals surface area contributed by atoms with Crippen molar-refractivity contribution in [3.63, 3.8) is 0 Å². The summed E-state index contributed by atoms with van der Waals surface area (Å²) in [7, 11) is 3.85. The molecule has 0 saturated carbocycles. The Balaban J connectivity index is 2.03. The van der Waals surface area contributed by atoms with E-state index in [1.807, 2.05) is 45.3 Å². The maximum absolute atomic E-state index is 13.8. The van der Waals surface area contributed by atoms with Crippen LogP contribution in [0, 0.1) is 5.82 Å². The average molecular weight is 276 g/mol. The fourth-order valence-electron chi connectivity index (χ4n) is 2.21. The third kappa shape index (κ3) is 3.46. The second-order valence-electron chi connectivity index (χ2n) is 5.01. The normalized spacial score (nSPS) is 12.8. The van der Waals surface area contributed by atoms with E-state index in [1.54, 1.807) is 6.07 Å². The highest BCUT2D eigenvalue weighted by Gasteiger charge is 2.16. The molecule has 0 bridgehead atoms. The van der Waals surface area contributed by atoms with Crippen molar-refractivity contribution in [1.29, 1.82) is 0 Å². The van der Waals surface area contributed by atoms with Crippen molar-refractivity contribution in [3.8, 4) is 0 Å². The van der Waals surface area contributed by atoms with Gasteiger partial charge in [-0.3, -0.25) is 4.90 Å². The number of hydrogen-bond donors (Lipinski definition) is 1. The molecule has 1 atom stereocenters. The zero-order valence-electron chi connectivity index (χ0n) is 12.2. The summed E-state index contributed by atoms with van der Waals surface area (Å²) in [6, 6.07) is 10.8. The molecule has 2 rings (SSSR count). The van der Waals surface area contributed by atoms with Gasteiger partial charge in [-0.2, -0.15) is 0 Å². The van der Waals surface area contributed by atoms with Gasteiger partial charge < -0.3 is 9.73 Å². The molecule has 4 heteroatoms. The van der Waals surface area contributed by atoms with Crippen LogP contribution in [0.2, 0.25) is 0 Å². The van der Waals surface area contributed by atoms with Crippen molar-refractivity contribution in [1.82, 2.24) is 10.2 Å². The topological polar surface area (TPSA) is 28.4 Å². The molecule has 1 unspecified atom stereocenters.